The SMILES string of the molecule is CS(=O)(=O)CCNC(=O)c1ccc(Cl)cc1Cl. The number of amides is 1. The molecule has 0 radical (unpaired) electrons. The Morgan fingerprint density at radius 2 is 2.00 bits per heavy atom. The average molecular weight is 296 g/mol. The Bertz CT molecular complexity index is 528. The molecule has 0 unspecified atom stereocenters. The first kappa shape index (κ1) is 14.3. The number of carbonyl (C=O) groups excluding carboxylic acids is 1. The minimum atomic E-state index is -3.09. The van der Waals surface area contributed by atoms with E-state index in [1.807, 2.05) is 0 Å². The fourth-order valence-electron chi connectivity index (χ4n) is 1.12. The number of hydrogen-bond acceptors (Lipinski definition) is 3. The predicted molar refractivity (Wildman–Crippen MR) is 68.5 cm³/mol. The molecule has 0 heterocycles. The van der Waals surface area contributed by atoms with Gasteiger partial charge in [0.25, 0.3) is 5.91 Å². The van der Waals surface area contributed by atoms with Crippen LogP contribution in [0.3, 0.4) is 0 Å². The Morgan fingerprint density at radius 1 is 1.35 bits per heavy atom. The number of nitrogens with one attached hydrogen (secondary N) is 1. The van der Waals surface area contributed by atoms with Crippen molar-refractivity contribution >= 4 is 38.9 Å². The van der Waals surface area contributed by atoms with Crippen LogP contribution in [0.25, 0.3) is 0 Å². The van der Waals surface area contributed by atoms with Crippen molar-refractivity contribution in [1.29, 1.82) is 0 Å². The van der Waals surface area contributed by atoms with Crippen molar-refractivity contribution in [1.82, 2.24) is 5.32 Å². The molecule has 1 aromatic carbocycles. The van der Waals surface area contributed by atoms with E-state index in [-0.39, 0.29) is 22.9 Å². The molecule has 0 saturated carbocycles. The zero-order chi connectivity index (χ0) is 13.1. The predicted octanol–water partition coefficient (Wildman–Crippen LogP) is 1.77. The van der Waals surface area contributed by atoms with Crippen molar-refractivity contribution in [2.75, 3.05) is 18.6 Å². The van der Waals surface area contributed by atoms with Crippen LogP contribution in [-0.2, 0) is 9.84 Å². The summed E-state index contributed by atoms with van der Waals surface area (Å²) in [6.45, 7) is 0.0522. The number of rotatable bonds is 4. The van der Waals surface area contributed by atoms with Crippen molar-refractivity contribution in [3.8, 4) is 0 Å². The van der Waals surface area contributed by atoms with E-state index in [4.69, 9.17) is 23.2 Å². The van der Waals surface area contributed by atoms with Crippen LogP contribution >= 0.6 is 23.2 Å². The zero-order valence-electron chi connectivity index (χ0n) is 9.04. The van der Waals surface area contributed by atoms with Crippen LogP contribution in [-0.4, -0.2) is 32.9 Å². The minimum absolute atomic E-state index is 0.0522. The number of sulfone groups is 1. The van der Waals surface area contributed by atoms with Gasteiger partial charge >= 0.3 is 0 Å². The van der Waals surface area contributed by atoms with E-state index >= 15 is 0 Å². The van der Waals surface area contributed by atoms with Crippen molar-refractivity contribution in [3.05, 3.63) is 33.8 Å². The maximum atomic E-state index is 11.6. The quantitative estimate of drug-likeness (QED) is 0.921. The summed E-state index contributed by atoms with van der Waals surface area (Å²) in [5.74, 6) is -0.528. The molecule has 0 fully saturated rings. The van der Waals surface area contributed by atoms with E-state index in [0.29, 0.717) is 5.02 Å². The number of hydrogen-bond donors (Lipinski definition) is 1. The third-order valence-corrected chi connectivity index (χ3v) is 3.43. The lowest BCUT2D eigenvalue weighted by Gasteiger charge is -2.06. The first-order valence-corrected chi connectivity index (χ1v) is 7.52. The molecule has 0 aromatic heterocycles. The molecule has 0 aliphatic rings. The largest absolute Gasteiger partial charge is 0.351 e. The summed E-state index contributed by atoms with van der Waals surface area (Å²) in [5.41, 5.74) is 0.268. The highest BCUT2D eigenvalue weighted by atomic mass is 35.5. The maximum Gasteiger partial charge on any atom is 0.252 e. The van der Waals surface area contributed by atoms with E-state index in [0.717, 1.165) is 6.26 Å². The number of carbonyl (C=O) groups is 1. The molecule has 7 heteroatoms. The van der Waals surface area contributed by atoms with Crippen LogP contribution in [0.1, 0.15) is 10.4 Å². The van der Waals surface area contributed by atoms with Crippen molar-refractivity contribution in [2.45, 2.75) is 0 Å². The first-order chi connectivity index (χ1) is 7.79. The third kappa shape index (κ3) is 4.93. The van der Waals surface area contributed by atoms with Crippen molar-refractivity contribution in [2.24, 2.45) is 0 Å². The van der Waals surface area contributed by atoms with Gasteiger partial charge in [0.05, 0.1) is 16.3 Å². The molecular formula is C10H11Cl2NO3S. The van der Waals surface area contributed by atoms with Gasteiger partial charge in [-0.3, -0.25) is 4.79 Å². The lowest BCUT2D eigenvalue weighted by atomic mass is 10.2. The Morgan fingerprint density at radius 3 is 2.53 bits per heavy atom. The van der Waals surface area contributed by atoms with Gasteiger partial charge in [0.15, 0.2) is 0 Å². The summed E-state index contributed by atoms with van der Waals surface area (Å²) in [5, 5.41) is 3.13. The van der Waals surface area contributed by atoms with Gasteiger partial charge in [-0.05, 0) is 18.2 Å². The topological polar surface area (TPSA) is 63.2 Å². The Hall–Kier alpha value is -0.780. The fourth-order valence-corrected chi connectivity index (χ4v) is 2.09. The Kier molecular flexibility index (Phi) is 4.80. The minimum Gasteiger partial charge on any atom is -0.351 e. The van der Waals surface area contributed by atoms with Crippen LogP contribution in [0.15, 0.2) is 18.2 Å². The molecule has 0 atom stereocenters. The monoisotopic (exact) mass is 295 g/mol. The van der Waals surface area contributed by atoms with Crippen molar-refractivity contribution < 1.29 is 13.2 Å². The number of benzene rings is 1. The van der Waals surface area contributed by atoms with E-state index in [9.17, 15) is 13.2 Å². The Balaban J connectivity index is 2.65. The van der Waals surface area contributed by atoms with Crippen LogP contribution in [0.4, 0.5) is 0 Å². The van der Waals surface area contributed by atoms with Crippen LogP contribution in [0.5, 0.6) is 0 Å². The van der Waals surface area contributed by atoms with Crippen LogP contribution in [0.2, 0.25) is 10.0 Å². The summed E-state index contributed by atoms with van der Waals surface area (Å²) >= 11 is 11.5. The first-order valence-electron chi connectivity index (χ1n) is 4.70. The fraction of sp³-hybridized carbons (Fsp3) is 0.300. The normalized spacial score (nSPS) is 11.2. The van der Waals surface area contributed by atoms with E-state index in [1.54, 1.807) is 6.07 Å². The van der Waals surface area contributed by atoms with Gasteiger partial charge in [-0.2, -0.15) is 0 Å². The molecule has 1 rings (SSSR count). The lowest BCUT2D eigenvalue weighted by molar-refractivity contribution is 0.0956. The summed E-state index contributed by atoms with van der Waals surface area (Å²) in [7, 11) is -3.09. The second-order valence-electron chi connectivity index (χ2n) is 3.51. The maximum absolute atomic E-state index is 11.6. The molecule has 0 saturated heterocycles. The molecule has 0 spiro atoms. The second-order valence-corrected chi connectivity index (χ2v) is 6.61. The highest BCUT2D eigenvalue weighted by Gasteiger charge is 2.11. The molecule has 0 aliphatic heterocycles. The highest BCUT2D eigenvalue weighted by molar-refractivity contribution is 7.90. The molecule has 0 bridgehead atoms. The summed E-state index contributed by atoms with van der Waals surface area (Å²) in [6, 6.07) is 4.48. The van der Waals surface area contributed by atoms with E-state index in [2.05, 4.69) is 5.32 Å². The van der Waals surface area contributed by atoms with Gasteiger partial charge in [0, 0.05) is 17.8 Å². The molecule has 0 aliphatic carbocycles. The van der Waals surface area contributed by atoms with Gasteiger partial charge in [0.2, 0.25) is 0 Å². The standard InChI is InChI=1S/C10H11Cl2NO3S/c1-17(15,16)5-4-13-10(14)8-3-2-7(11)6-9(8)12/h2-3,6H,4-5H2,1H3,(H,13,14). The van der Waals surface area contributed by atoms with Gasteiger partial charge in [0.1, 0.15) is 9.84 Å². The lowest BCUT2D eigenvalue weighted by Crippen LogP contribution is -2.28. The van der Waals surface area contributed by atoms with Gasteiger partial charge in [-0.1, -0.05) is 23.2 Å². The van der Waals surface area contributed by atoms with Gasteiger partial charge < -0.3 is 5.32 Å². The summed E-state index contributed by atoms with van der Waals surface area (Å²) < 4.78 is 21.7. The summed E-state index contributed by atoms with van der Waals surface area (Å²) in [6.07, 6.45) is 1.11. The molecule has 1 aromatic rings. The smallest absolute Gasteiger partial charge is 0.252 e. The Labute approximate surface area is 110 Å². The molecule has 4 nitrogen and oxygen atoms in total. The molecule has 1 N–H and O–H groups in total. The van der Waals surface area contributed by atoms with Crippen LogP contribution in [0, 0.1) is 0 Å². The van der Waals surface area contributed by atoms with Gasteiger partial charge in [-0.15, -0.1) is 0 Å². The molecule has 17 heavy (non-hydrogen) atoms. The van der Waals surface area contributed by atoms with Gasteiger partial charge in [-0.25, -0.2) is 8.42 Å². The molecular weight excluding hydrogens is 285 g/mol. The van der Waals surface area contributed by atoms with E-state index < -0.39 is 15.7 Å². The third-order valence-electron chi connectivity index (χ3n) is 1.93. The molecule has 94 valence electrons. The summed E-state index contributed by atoms with van der Waals surface area (Å²) in [4.78, 5) is 11.6. The van der Waals surface area contributed by atoms with Crippen LogP contribution < -0.4 is 5.32 Å². The number of halogens is 2. The zero-order valence-corrected chi connectivity index (χ0v) is 11.4. The molecule has 1 amide bonds. The van der Waals surface area contributed by atoms with E-state index in [1.165, 1.54) is 12.1 Å². The second kappa shape index (κ2) is 5.71. The average Bonchev–Trinajstić information content (AvgIpc) is 2.15. The van der Waals surface area contributed by atoms with Crippen molar-refractivity contribution in [3.63, 3.8) is 0 Å². The highest BCUT2D eigenvalue weighted by Crippen LogP contribution is 2.20.